The summed E-state index contributed by atoms with van der Waals surface area (Å²) in [6.07, 6.45) is 6.15. The lowest BCUT2D eigenvalue weighted by molar-refractivity contribution is 0.119. The van der Waals surface area contributed by atoms with Gasteiger partial charge in [0.05, 0.1) is 13.2 Å². The predicted molar refractivity (Wildman–Crippen MR) is 109 cm³/mol. The quantitative estimate of drug-likeness (QED) is 0.580. The van der Waals surface area contributed by atoms with E-state index in [1.807, 2.05) is 12.1 Å². The molecule has 1 N–H and O–H groups in total. The van der Waals surface area contributed by atoms with E-state index in [1.54, 1.807) is 18.9 Å². The Morgan fingerprint density at radius 2 is 1.96 bits per heavy atom. The highest BCUT2D eigenvalue weighted by Gasteiger charge is 2.21. The van der Waals surface area contributed by atoms with Crippen molar-refractivity contribution in [2.45, 2.75) is 36.7 Å². The summed E-state index contributed by atoms with van der Waals surface area (Å²) in [5, 5.41) is 10.6. The van der Waals surface area contributed by atoms with Crippen LogP contribution in [0.4, 0.5) is 0 Å². The fourth-order valence-electron chi connectivity index (χ4n) is 3.62. The van der Waals surface area contributed by atoms with Crippen molar-refractivity contribution >= 4 is 11.8 Å². The van der Waals surface area contributed by atoms with Crippen molar-refractivity contribution in [1.82, 2.24) is 4.90 Å². The molecular formula is C22H29NO2S. The van der Waals surface area contributed by atoms with Crippen LogP contribution < -0.4 is 4.74 Å². The van der Waals surface area contributed by atoms with Crippen LogP contribution in [0.3, 0.4) is 0 Å². The number of hydrogen-bond acceptors (Lipinski definition) is 4. The number of benzene rings is 2. The van der Waals surface area contributed by atoms with E-state index >= 15 is 0 Å². The Morgan fingerprint density at radius 1 is 1.15 bits per heavy atom. The zero-order valence-corrected chi connectivity index (χ0v) is 16.6. The smallest absolute Gasteiger partial charge is 0.119 e. The van der Waals surface area contributed by atoms with Gasteiger partial charge in [-0.2, -0.15) is 0 Å². The molecule has 1 heterocycles. The van der Waals surface area contributed by atoms with E-state index in [9.17, 15) is 5.11 Å². The van der Waals surface area contributed by atoms with Gasteiger partial charge in [0.1, 0.15) is 5.75 Å². The van der Waals surface area contributed by atoms with E-state index in [0.717, 1.165) is 50.2 Å². The van der Waals surface area contributed by atoms with Gasteiger partial charge in [-0.05, 0) is 79.4 Å². The Balaban J connectivity index is 1.47. The van der Waals surface area contributed by atoms with Crippen LogP contribution in [0.15, 0.2) is 47.4 Å². The molecule has 1 aliphatic heterocycles. The number of unbranched alkanes of at least 4 members (excludes halogenated alkanes) is 1. The summed E-state index contributed by atoms with van der Waals surface area (Å²) in [7, 11) is 1.69. The topological polar surface area (TPSA) is 32.7 Å². The molecule has 1 unspecified atom stereocenters. The van der Waals surface area contributed by atoms with Crippen molar-refractivity contribution < 1.29 is 9.84 Å². The maximum absolute atomic E-state index is 10.6. The summed E-state index contributed by atoms with van der Waals surface area (Å²) >= 11 is 1.79. The van der Waals surface area contributed by atoms with Crippen LogP contribution >= 0.6 is 11.8 Å². The van der Waals surface area contributed by atoms with E-state index in [4.69, 9.17) is 4.74 Å². The normalized spacial score (nSPS) is 17.6. The fraction of sp³-hybridized carbons (Fsp3) is 0.455. The summed E-state index contributed by atoms with van der Waals surface area (Å²) in [6, 6.07) is 14.9. The van der Waals surface area contributed by atoms with Crippen LogP contribution in [0.5, 0.6) is 5.75 Å². The first kappa shape index (κ1) is 19.3. The highest BCUT2D eigenvalue weighted by atomic mass is 32.2. The van der Waals surface area contributed by atoms with Crippen molar-refractivity contribution in [2.24, 2.45) is 0 Å². The number of fused-ring (bicyclic) bond motifs is 1. The standard InChI is InChI=1S/C22H29NO2S/c1-25-19-8-11-21-18(15-19)12-14-23(16-22(21)24)13-4-3-5-17-6-9-20(26-2)10-7-17/h6-11,15,22,24H,3-5,12-14,16H2,1-2H3. The van der Waals surface area contributed by atoms with Crippen molar-refractivity contribution in [2.75, 3.05) is 33.0 Å². The van der Waals surface area contributed by atoms with Gasteiger partial charge in [0, 0.05) is 18.0 Å². The van der Waals surface area contributed by atoms with Crippen LogP contribution in [-0.2, 0) is 12.8 Å². The van der Waals surface area contributed by atoms with Crippen LogP contribution in [0.2, 0.25) is 0 Å². The highest BCUT2D eigenvalue weighted by Crippen LogP contribution is 2.27. The van der Waals surface area contributed by atoms with Gasteiger partial charge in [0.25, 0.3) is 0 Å². The molecule has 0 radical (unpaired) electrons. The third-order valence-electron chi connectivity index (χ3n) is 5.19. The largest absolute Gasteiger partial charge is 0.497 e. The van der Waals surface area contributed by atoms with E-state index in [-0.39, 0.29) is 0 Å². The van der Waals surface area contributed by atoms with Crippen LogP contribution in [0.1, 0.15) is 35.6 Å². The molecule has 140 valence electrons. The van der Waals surface area contributed by atoms with Gasteiger partial charge in [0.15, 0.2) is 0 Å². The van der Waals surface area contributed by atoms with Crippen molar-refractivity contribution in [3.05, 3.63) is 59.2 Å². The molecule has 0 aromatic heterocycles. The molecule has 0 amide bonds. The average molecular weight is 372 g/mol. The van der Waals surface area contributed by atoms with E-state index in [2.05, 4.69) is 41.5 Å². The monoisotopic (exact) mass is 371 g/mol. The molecule has 3 rings (SSSR count). The predicted octanol–water partition coefficient (Wildman–Crippen LogP) is 4.33. The molecule has 2 aromatic carbocycles. The van der Waals surface area contributed by atoms with Gasteiger partial charge in [-0.1, -0.05) is 18.2 Å². The molecule has 0 spiro atoms. The van der Waals surface area contributed by atoms with Crippen LogP contribution in [0.25, 0.3) is 0 Å². The third kappa shape index (κ3) is 5.03. The summed E-state index contributed by atoms with van der Waals surface area (Å²) in [5.74, 6) is 0.872. The number of rotatable bonds is 7. The Morgan fingerprint density at radius 3 is 2.69 bits per heavy atom. The zero-order chi connectivity index (χ0) is 18.4. The lowest BCUT2D eigenvalue weighted by Gasteiger charge is -2.22. The first-order valence-electron chi connectivity index (χ1n) is 9.40. The van der Waals surface area contributed by atoms with Gasteiger partial charge in [-0.25, -0.2) is 0 Å². The molecule has 0 saturated carbocycles. The lowest BCUT2D eigenvalue weighted by atomic mass is 10.0. The minimum Gasteiger partial charge on any atom is -0.497 e. The van der Waals surface area contributed by atoms with Gasteiger partial charge in [-0.3, -0.25) is 0 Å². The summed E-state index contributed by atoms with van der Waals surface area (Å²) in [5.41, 5.74) is 3.69. The van der Waals surface area contributed by atoms with Crippen molar-refractivity contribution in [3.63, 3.8) is 0 Å². The van der Waals surface area contributed by atoms with Crippen molar-refractivity contribution in [1.29, 1.82) is 0 Å². The maximum atomic E-state index is 10.6. The molecule has 4 heteroatoms. The number of hydrogen-bond donors (Lipinski definition) is 1. The second-order valence-electron chi connectivity index (χ2n) is 6.94. The zero-order valence-electron chi connectivity index (χ0n) is 15.8. The molecule has 2 aromatic rings. The summed E-state index contributed by atoms with van der Waals surface area (Å²) in [6.45, 7) is 2.77. The minimum atomic E-state index is -0.405. The number of aliphatic hydroxyl groups is 1. The number of aliphatic hydroxyl groups excluding tert-OH is 1. The van der Waals surface area contributed by atoms with Gasteiger partial charge >= 0.3 is 0 Å². The molecule has 1 aliphatic rings. The number of aryl methyl sites for hydroxylation is 1. The van der Waals surface area contributed by atoms with Gasteiger partial charge < -0.3 is 14.7 Å². The second-order valence-corrected chi connectivity index (χ2v) is 7.82. The number of methoxy groups -OCH3 is 1. The van der Waals surface area contributed by atoms with E-state index in [1.165, 1.54) is 22.4 Å². The molecule has 0 saturated heterocycles. The van der Waals surface area contributed by atoms with Gasteiger partial charge in [0.2, 0.25) is 0 Å². The molecule has 1 atom stereocenters. The number of ether oxygens (including phenoxy) is 1. The molecule has 0 bridgehead atoms. The van der Waals surface area contributed by atoms with Crippen molar-refractivity contribution in [3.8, 4) is 5.75 Å². The SMILES string of the molecule is COc1ccc2c(c1)CCN(CCCCc1ccc(SC)cc1)CC2O. The molecular weight excluding hydrogens is 342 g/mol. The van der Waals surface area contributed by atoms with Crippen LogP contribution in [0, 0.1) is 0 Å². The Bertz CT molecular complexity index is 702. The fourth-order valence-corrected chi connectivity index (χ4v) is 4.03. The molecule has 3 nitrogen and oxygen atoms in total. The van der Waals surface area contributed by atoms with Gasteiger partial charge in [-0.15, -0.1) is 11.8 Å². The summed E-state index contributed by atoms with van der Waals surface area (Å²) in [4.78, 5) is 3.72. The maximum Gasteiger partial charge on any atom is 0.119 e. The summed E-state index contributed by atoms with van der Waals surface area (Å²) < 4.78 is 5.32. The highest BCUT2D eigenvalue weighted by molar-refractivity contribution is 7.98. The van der Waals surface area contributed by atoms with E-state index in [0.29, 0.717) is 0 Å². The number of thioether (sulfide) groups is 1. The Labute approximate surface area is 161 Å². The average Bonchev–Trinajstić information content (AvgIpc) is 2.84. The third-order valence-corrected chi connectivity index (χ3v) is 5.93. The van der Waals surface area contributed by atoms with E-state index < -0.39 is 6.10 Å². The number of nitrogens with zero attached hydrogens (tertiary/aromatic N) is 1. The first-order valence-corrected chi connectivity index (χ1v) is 10.6. The molecule has 0 fully saturated rings. The first-order chi connectivity index (χ1) is 12.7. The minimum absolute atomic E-state index is 0.405. The lowest BCUT2D eigenvalue weighted by Crippen LogP contribution is -2.29. The Kier molecular flexibility index (Phi) is 7.00. The number of β-amino-alcohol motifs (C(OH)–C–C–N with tert-alkyl or cyclic N) is 1. The molecule has 26 heavy (non-hydrogen) atoms. The second kappa shape index (κ2) is 9.45. The Hall–Kier alpha value is -1.49. The van der Waals surface area contributed by atoms with Crippen LogP contribution in [-0.4, -0.2) is 43.0 Å². The molecule has 0 aliphatic carbocycles.